The van der Waals surface area contributed by atoms with Gasteiger partial charge >= 0.3 is 6.09 Å². The van der Waals surface area contributed by atoms with Crippen LogP contribution in [0.15, 0.2) is 30.6 Å². The highest BCUT2D eigenvalue weighted by Gasteiger charge is 2.27. The molecule has 11 heteroatoms. The zero-order chi connectivity index (χ0) is 24.5. The molecule has 0 spiro atoms. The fraction of sp³-hybridized carbons (Fsp3) is 0.458. The van der Waals surface area contributed by atoms with Crippen LogP contribution in [-0.4, -0.2) is 86.7 Å². The molecule has 3 aromatic rings. The summed E-state index contributed by atoms with van der Waals surface area (Å²) in [6, 6.07) is 5.94. The van der Waals surface area contributed by atoms with Gasteiger partial charge in [-0.2, -0.15) is 4.98 Å². The van der Waals surface area contributed by atoms with Gasteiger partial charge in [-0.05, 0) is 31.0 Å². The summed E-state index contributed by atoms with van der Waals surface area (Å²) in [4.78, 5) is 43.2. The minimum atomic E-state index is -0.895. The molecule has 0 radical (unpaired) electrons. The number of aromatic nitrogens is 4. The lowest BCUT2D eigenvalue weighted by Gasteiger charge is -2.35. The number of piperazine rings is 1. The summed E-state index contributed by atoms with van der Waals surface area (Å²) in [5.41, 5.74) is 2.25. The summed E-state index contributed by atoms with van der Waals surface area (Å²) >= 11 is 0. The molecule has 3 aromatic heterocycles. The highest BCUT2D eigenvalue weighted by molar-refractivity contribution is 5.98. The van der Waals surface area contributed by atoms with Crippen LogP contribution in [0.3, 0.4) is 0 Å². The van der Waals surface area contributed by atoms with E-state index in [9.17, 15) is 14.7 Å². The van der Waals surface area contributed by atoms with Gasteiger partial charge in [0.1, 0.15) is 11.3 Å². The maximum absolute atomic E-state index is 12.9. The first-order valence-electron chi connectivity index (χ1n) is 12.0. The molecule has 11 nitrogen and oxygen atoms in total. The van der Waals surface area contributed by atoms with Crippen LogP contribution in [-0.2, 0) is 0 Å². The number of rotatable bonds is 5. The molecule has 1 saturated carbocycles. The topological polar surface area (TPSA) is 120 Å². The standard InChI is InChI=1S/C24H30N8O3/c1-29(2)22(33)19-14-16-15-26-23(28-21(16)32(19)17-6-3-4-7-17)27-20-18(8-5-9-25-20)30-10-12-31(13-11-30)24(34)35/h5,8-9,14-15,17H,3-4,6-7,10-13H2,1-2H3,(H,34,35)(H,25,26,27,28). The van der Waals surface area contributed by atoms with Crippen molar-refractivity contribution >= 4 is 40.5 Å². The Morgan fingerprint density at radius 1 is 1.11 bits per heavy atom. The van der Waals surface area contributed by atoms with Crippen molar-refractivity contribution in [2.45, 2.75) is 31.7 Å². The third-order valence-corrected chi connectivity index (χ3v) is 6.80. The lowest BCUT2D eigenvalue weighted by molar-refractivity contribution is 0.0815. The lowest BCUT2D eigenvalue weighted by Crippen LogP contribution is -2.48. The van der Waals surface area contributed by atoms with E-state index in [0.29, 0.717) is 43.6 Å². The van der Waals surface area contributed by atoms with Crippen molar-refractivity contribution in [1.82, 2.24) is 29.3 Å². The zero-order valence-electron chi connectivity index (χ0n) is 20.0. The Labute approximate surface area is 203 Å². The molecule has 5 rings (SSSR count). The first-order chi connectivity index (χ1) is 16.9. The van der Waals surface area contributed by atoms with E-state index >= 15 is 0 Å². The average Bonchev–Trinajstić information content (AvgIpc) is 3.51. The van der Waals surface area contributed by atoms with Gasteiger partial charge < -0.3 is 29.7 Å². The first-order valence-corrected chi connectivity index (χ1v) is 12.0. The molecule has 2 aliphatic rings. The van der Waals surface area contributed by atoms with Crippen LogP contribution in [0.4, 0.5) is 22.2 Å². The van der Waals surface area contributed by atoms with Crippen LogP contribution in [0, 0.1) is 0 Å². The molecule has 2 fully saturated rings. The monoisotopic (exact) mass is 478 g/mol. The Bertz CT molecular complexity index is 1240. The van der Waals surface area contributed by atoms with Gasteiger partial charge in [-0.1, -0.05) is 12.8 Å². The summed E-state index contributed by atoms with van der Waals surface area (Å²) in [6.07, 6.45) is 6.89. The normalized spacial score (nSPS) is 16.6. The van der Waals surface area contributed by atoms with E-state index in [-0.39, 0.29) is 11.9 Å². The van der Waals surface area contributed by atoms with E-state index in [1.165, 1.54) is 4.90 Å². The van der Waals surface area contributed by atoms with Gasteiger partial charge in [0.05, 0.1) is 5.69 Å². The van der Waals surface area contributed by atoms with Gasteiger partial charge in [0.2, 0.25) is 5.95 Å². The summed E-state index contributed by atoms with van der Waals surface area (Å²) in [7, 11) is 3.52. The Balaban J connectivity index is 1.46. The minimum Gasteiger partial charge on any atom is -0.465 e. The number of nitrogens with one attached hydrogen (secondary N) is 1. The maximum atomic E-state index is 12.9. The molecular weight excluding hydrogens is 448 g/mol. The second-order valence-electron chi connectivity index (χ2n) is 9.26. The molecule has 4 heterocycles. The van der Waals surface area contributed by atoms with Crippen molar-refractivity contribution in [2.75, 3.05) is 50.5 Å². The van der Waals surface area contributed by atoms with Crippen LogP contribution in [0.25, 0.3) is 11.0 Å². The number of carbonyl (C=O) groups excluding carboxylic acids is 1. The van der Waals surface area contributed by atoms with Crippen LogP contribution >= 0.6 is 0 Å². The predicted molar refractivity (Wildman–Crippen MR) is 132 cm³/mol. The van der Waals surface area contributed by atoms with E-state index in [0.717, 1.165) is 42.4 Å². The van der Waals surface area contributed by atoms with Crippen molar-refractivity contribution in [3.8, 4) is 0 Å². The molecule has 0 aromatic carbocycles. The maximum Gasteiger partial charge on any atom is 0.407 e. The Morgan fingerprint density at radius 2 is 1.86 bits per heavy atom. The Hall–Kier alpha value is -3.89. The molecular formula is C24H30N8O3. The second-order valence-corrected chi connectivity index (χ2v) is 9.26. The summed E-state index contributed by atoms with van der Waals surface area (Å²) in [6.45, 7) is 2.02. The summed E-state index contributed by atoms with van der Waals surface area (Å²) in [5.74, 6) is 0.971. The Kier molecular flexibility index (Phi) is 6.14. The van der Waals surface area contributed by atoms with Crippen LogP contribution < -0.4 is 10.2 Å². The van der Waals surface area contributed by atoms with E-state index in [2.05, 4.69) is 24.8 Å². The molecule has 1 saturated heterocycles. The molecule has 184 valence electrons. The van der Waals surface area contributed by atoms with E-state index in [4.69, 9.17) is 4.98 Å². The average molecular weight is 479 g/mol. The first kappa shape index (κ1) is 22.9. The van der Waals surface area contributed by atoms with Crippen molar-refractivity contribution in [2.24, 2.45) is 0 Å². The molecule has 1 aliphatic heterocycles. The van der Waals surface area contributed by atoms with E-state index in [1.54, 1.807) is 31.4 Å². The fourth-order valence-electron chi connectivity index (χ4n) is 4.99. The van der Waals surface area contributed by atoms with Gasteiger partial charge in [0, 0.05) is 64.1 Å². The molecule has 1 aliphatic carbocycles. The van der Waals surface area contributed by atoms with Crippen molar-refractivity contribution < 1.29 is 14.7 Å². The van der Waals surface area contributed by atoms with Crippen LogP contribution in [0.5, 0.6) is 0 Å². The van der Waals surface area contributed by atoms with Crippen molar-refractivity contribution in [3.05, 3.63) is 36.3 Å². The summed E-state index contributed by atoms with van der Waals surface area (Å²) < 4.78 is 2.09. The lowest BCUT2D eigenvalue weighted by atomic mass is 10.2. The van der Waals surface area contributed by atoms with Crippen molar-refractivity contribution in [1.29, 1.82) is 0 Å². The van der Waals surface area contributed by atoms with Crippen LogP contribution in [0.1, 0.15) is 42.2 Å². The number of pyridine rings is 1. The zero-order valence-corrected chi connectivity index (χ0v) is 20.0. The third kappa shape index (κ3) is 4.45. The number of carbonyl (C=O) groups is 2. The second kappa shape index (κ2) is 9.40. The Morgan fingerprint density at radius 3 is 2.54 bits per heavy atom. The molecule has 2 N–H and O–H groups in total. The molecule has 0 bridgehead atoms. The number of anilines is 3. The van der Waals surface area contributed by atoms with E-state index in [1.807, 2.05) is 18.2 Å². The highest BCUT2D eigenvalue weighted by Crippen LogP contribution is 2.35. The number of hydrogen-bond donors (Lipinski definition) is 2. The van der Waals surface area contributed by atoms with Gasteiger partial charge in [-0.15, -0.1) is 0 Å². The number of fused-ring (bicyclic) bond motifs is 1. The van der Waals surface area contributed by atoms with Crippen molar-refractivity contribution in [3.63, 3.8) is 0 Å². The molecule has 0 unspecified atom stereocenters. The quantitative estimate of drug-likeness (QED) is 0.574. The highest BCUT2D eigenvalue weighted by atomic mass is 16.4. The number of carboxylic acid groups (broad SMARTS) is 1. The number of amides is 2. The predicted octanol–water partition coefficient (Wildman–Crippen LogP) is 3.19. The van der Waals surface area contributed by atoms with Gasteiger partial charge in [0.15, 0.2) is 5.82 Å². The van der Waals surface area contributed by atoms with E-state index < -0.39 is 6.09 Å². The molecule has 35 heavy (non-hydrogen) atoms. The SMILES string of the molecule is CN(C)C(=O)c1cc2cnc(Nc3ncccc3N3CCN(C(=O)O)CC3)nc2n1C1CCCC1. The summed E-state index contributed by atoms with van der Waals surface area (Å²) in [5, 5.41) is 13.3. The number of hydrogen-bond acceptors (Lipinski definition) is 7. The largest absolute Gasteiger partial charge is 0.465 e. The number of nitrogens with zero attached hydrogens (tertiary/aromatic N) is 7. The molecule has 2 amide bonds. The van der Waals surface area contributed by atoms with Gasteiger partial charge in [-0.3, -0.25) is 4.79 Å². The fourth-order valence-corrected chi connectivity index (χ4v) is 4.99. The smallest absolute Gasteiger partial charge is 0.407 e. The minimum absolute atomic E-state index is 0.0445. The van der Waals surface area contributed by atoms with Crippen LogP contribution in [0.2, 0.25) is 0 Å². The third-order valence-electron chi connectivity index (χ3n) is 6.80. The van der Waals surface area contributed by atoms with Gasteiger partial charge in [-0.25, -0.2) is 14.8 Å². The van der Waals surface area contributed by atoms with Gasteiger partial charge in [0.25, 0.3) is 5.91 Å². The molecule has 0 atom stereocenters.